The Morgan fingerprint density at radius 3 is 2.65 bits per heavy atom. The largest absolute Gasteiger partial charge is 0.493 e. The predicted octanol–water partition coefficient (Wildman–Crippen LogP) is 4.98. The van der Waals surface area contributed by atoms with Crippen LogP contribution in [0.3, 0.4) is 0 Å². The van der Waals surface area contributed by atoms with Gasteiger partial charge in [0.15, 0.2) is 0 Å². The molecule has 0 unspecified atom stereocenters. The van der Waals surface area contributed by atoms with E-state index in [1.807, 2.05) is 13.0 Å². The molecule has 10 heteroatoms. The summed E-state index contributed by atoms with van der Waals surface area (Å²) in [5, 5.41) is 2.19. The summed E-state index contributed by atoms with van der Waals surface area (Å²) >= 11 is 6.79. The van der Waals surface area contributed by atoms with Crippen molar-refractivity contribution in [3.05, 3.63) is 63.5 Å². The molecule has 2 aromatic rings. The first kappa shape index (κ1) is 25.3. The molecule has 1 N–H and O–H groups in total. The zero-order chi connectivity index (χ0) is 24.7. The number of thioether (sulfide) groups is 1. The Kier molecular flexibility index (Phi) is 8.72. The topological polar surface area (TPSA) is 102 Å². The van der Waals surface area contributed by atoms with Crippen LogP contribution in [0.25, 0.3) is 6.08 Å². The van der Waals surface area contributed by atoms with E-state index < -0.39 is 29.6 Å². The van der Waals surface area contributed by atoms with Crippen molar-refractivity contribution >= 4 is 58.1 Å². The minimum Gasteiger partial charge on any atom is -0.493 e. The maximum absolute atomic E-state index is 12.8. The van der Waals surface area contributed by atoms with Crippen molar-refractivity contribution in [2.24, 2.45) is 0 Å². The van der Waals surface area contributed by atoms with Crippen molar-refractivity contribution in [3.8, 4) is 5.75 Å². The molecule has 1 heterocycles. The van der Waals surface area contributed by atoms with Gasteiger partial charge in [-0.2, -0.15) is 0 Å². The van der Waals surface area contributed by atoms with Crippen molar-refractivity contribution < 1.29 is 28.7 Å². The molecule has 1 aliphatic rings. The molecule has 34 heavy (non-hydrogen) atoms. The molecule has 0 radical (unpaired) electrons. The molecule has 3 rings (SSSR count). The van der Waals surface area contributed by atoms with Crippen LogP contribution in [-0.4, -0.2) is 47.7 Å². The quantitative estimate of drug-likeness (QED) is 0.381. The second-order valence-electron chi connectivity index (χ2n) is 7.12. The van der Waals surface area contributed by atoms with Crippen LogP contribution in [0.2, 0.25) is 5.02 Å². The number of imide groups is 1. The van der Waals surface area contributed by atoms with Gasteiger partial charge in [0, 0.05) is 11.3 Å². The maximum Gasteiger partial charge on any atom is 0.339 e. The highest BCUT2D eigenvalue weighted by Gasteiger charge is 2.36. The lowest BCUT2D eigenvalue weighted by molar-refractivity contribution is -0.127. The lowest BCUT2D eigenvalue weighted by atomic mass is 10.2. The van der Waals surface area contributed by atoms with E-state index in [0.29, 0.717) is 17.9 Å². The Morgan fingerprint density at radius 2 is 1.91 bits per heavy atom. The summed E-state index contributed by atoms with van der Waals surface area (Å²) in [6.45, 7) is 3.87. The van der Waals surface area contributed by atoms with Gasteiger partial charge < -0.3 is 14.8 Å². The van der Waals surface area contributed by atoms with E-state index in [-0.39, 0.29) is 27.8 Å². The molecule has 0 spiro atoms. The van der Waals surface area contributed by atoms with Crippen LogP contribution < -0.4 is 10.1 Å². The standard InChI is InChI=1S/C24H23ClN2O6S/c1-3-11-33-19-8-6-5-7-15(19)12-20-22(29)27(24(31)34-20)14-21(28)26-16-9-10-18(25)17(13-16)23(30)32-4-2/h5-10,12-13H,3-4,11,14H2,1-2H3,(H,26,28)/b20-12+. The summed E-state index contributed by atoms with van der Waals surface area (Å²) in [6.07, 6.45) is 2.41. The molecule has 1 saturated heterocycles. The first-order chi connectivity index (χ1) is 16.3. The average molecular weight is 503 g/mol. The van der Waals surface area contributed by atoms with Crippen LogP contribution in [0.4, 0.5) is 10.5 Å². The lowest BCUT2D eigenvalue weighted by Crippen LogP contribution is -2.36. The monoisotopic (exact) mass is 502 g/mol. The van der Waals surface area contributed by atoms with Crippen LogP contribution in [0, 0.1) is 0 Å². The van der Waals surface area contributed by atoms with Crippen LogP contribution in [-0.2, 0) is 14.3 Å². The molecule has 2 aromatic carbocycles. The van der Waals surface area contributed by atoms with Gasteiger partial charge in [0.25, 0.3) is 11.1 Å². The van der Waals surface area contributed by atoms with Crippen LogP contribution in [0.1, 0.15) is 36.2 Å². The van der Waals surface area contributed by atoms with Crippen molar-refractivity contribution in [3.63, 3.8) is 0 Å². The molecule has 0 atom stereocenters. The number of benzene rings is 2. The van der Waals surface area contributed by atoms with E-state index in [1.165, 1.54) is 18.2 Å². The summed E-state index contributed by atoms with van der Waals surface area (Å²) in [4.78, 5) is 50.8. The predicted molar refractivity (Wildman–Crippen MR) is 131 cm³/mol. The fourth-order valence-electron chi connectivity index (χ4n) is 3.03. The molecule has 8 nitrogen and oxygen atoms in total. The molecule has 0 saturated carbocycles. The van der Waals surface area contributed by atoms with Crippen molar-refractivity contribution in [2.75, 3.05) is 25.1 Å². The summed E-state index contributed by atoms with van der Waals surface area (Å²) in [6, 6.07) is 11.5. The van der Waals surface area contributed by atoms with E-state index >= 15 is 0 Å². The summed E-state index contributed by atoms with van der Waals surface area (Å²) < 4.78 is 10.6. The highest BCUT2D eigenvalue weighted by Crippen LogP contribution is 2.34. The number of hydrogen-bond donors (Lipinski definition) is 1. The van der Waals surface area contributed by atoms with Crippen LogP contribution in [0.5, 0.6) is 5.75 Å². The number of hydrogen-bond acceptors (Lipinski definition) is 7. The molecule has 0 aromatic heterocycles. The Balaban J connectivity index is 1.70. The first-order valence-corrected chi connectivity index (χ1v) is 11.8. The van der Waals surface area contributed by atoms with Gasteiger partial charge in [0.05, 0.1) is 28.7 Å². The van der Waals surface area contributed by atoms with Crippen LogP contribution >= 0.6 is 23.4 Å². The number of halogens is 1. The highest BCUT2D eigenvalue weighted by molar-refractivity contribution is 8.18. The Morgan fingerprint density at radius 1 is 1.15 bits per heavy atom. The van der Waals surface area contributed by atoms with E-state index in [0.717, 1.165) is 23.1 Å². The smallest absolute Gasteiger partial charge is 0.339 e. The minimum atomic E-state index is -0.622. The second kappa shape index (κ2) is 11.7. The molecule has 1 aliphatic heterocycles. The zero-order valence-corrected chi connectivity index (χ0v) is 20.2. The van der Waals surface area contributed by atoms with E-state index in [4.69, 9.17) is 21.1 Å². The zero-order valence-electron chi connectivity index (χ0n) is 18.6. The van der Waals surface area contributed by atoms with Crippen molar-refractivity contribution in [2.45, 2.75) is 20.3 Å². The summed E-state index contributed by atoms with van der Waals surface area (Å²) in [5.41, 5.74) is 1.04. The van der Waals surface area contributed by atoms with Gasteiger partial charge in [-0.05, 0) is 55.4 Å². The number of anilines is 1. The molecule has 1 fully saturated rings. The SMILES string of the molecule is CCCOc1ccccc1/C=C1/SC(=O)N(CC(=O)Nc2ccc(Cl)c(C(=O)OCC)c2)C1=O. The Hall–Kier alpha value is -3.30. The minimum absolute atomic E-state index is 0.0966. The maximum atomic E-state index is 12.8. The van der Waals surface area contributed by atoms with Gasteiger partial charge in [-0.1, -0.05) is 36.7 Å². The summed E-state index contributed by atoms with van der Waals surface area (Å²) in [5.74, 6) is -1.19. The Labute approximate surface area is 206 Å². The van der Waals surface area contributed by atoms with E-state index in [1.54, 1.807) is 31.2 Å². The number of para-hydroxylation sites is 1. The third kappa shape index (κ3) is 6.18. The van der Waals surface area contributed by atoms with Gasteiger partial charge in [-0.15, -0.1) is 0 Å². The number of carbonyl (C=O) groups is 4. The average Bonchev–Trinajstić information content (AvgIpc) is 3.07. The number of rotatable bonds is 9. The molecule has 3 amide bonds. The van der Waals surface area contributed by atoms with Gasteiger partial charge in [0.1, 0.15) is 12.3 Å². The number of nitrogens with one attached hydrogen (secondary N) is 1. The molecule has 178 valence electrons. The van der Waals surface area contributed by atoms with Crippen molar-refractivity contribution in [1.29, 1.82) is 0 Å². The van der Waals surface area contributed by atoms with Crippen LogP contribution in [0.15, 0.2) is 47.4 Å². The first-order valence-electron chi connectivity index (χ1n) is 10.6. The molecular weight excluding hydrogens is 480 g/mol. The molecule has 0 bridgehead atoms. The fraction of sp³-hybridized carbons (Fsp3) is 0.250. The van der Waals surface area contributed by atoms with Gasteiger partial charge in [-0.25, -0.2) is 4.79 Å². The lowest BCUT2D eigenvalue weighted by Gasteiger charge is -2.13. The van der Waals surface area contributed by atoms with Crippen molar-refractivity contribution in [1.82, 2.24) is 4.90 Å². The highest BCUT2D eigenvalue weighted by atomic mass is 35.5. The third-order valence-electron chi connectivity index (χ3n) is 4.59. The molecule has 0 aliphatic carbocycles. The normalized spacial score (nSPS) is 14.4. The van der Waals surface area contributed by atoms with Gasteiger partial charge >= 0.3 is 5.97 Å². The van der Waals surface area contributed by atoms with E-state index in [2.05, 4.69) is 5.32 Å². The number of ether oxygens (including phenoxy) is 2. The van der Waals surface area contributed by atoms with Gasteiger partial charge in [-0.3, -0.25) is 19.3 Å². The second-order valence-corrected chi connectivity index (χ2v) is 8.52. The molecular formula is C24H23ClN2O6S. The Bertz CT molecular complexity index is 1150. The number of nitrogens with zero attached hydrogens (tertiary/aromatic N) is 1. The fourth-order valence-corrected chi connectivity index (χ4v) is 4.06. The van der Waals surface area contributed by atoms with Gasteiger partial charge in [0.2, 0.25) is 5.91 Å². The number of amides is 3. The third-order valence-corrected chi connectivity index (χ3v) is 5.83. The summed E-state index contributed by atoms with van der Waals surface area (Å²) in [7, 11) is 0. The number of esters is 1. The van der Waals surface area contributed by atoms with E-state index in [9.17, 15) is 19.2 Å². The number of carbonyl (C=O) groups excluding carboxylic acids is 4.